The molecule has 0 unspecified atom stereocenters. The SMILES string of the molecule is C[C@@](O)(CO)[C@H]1CCCN(Cc2ccc(-c3cn(-c4ccccc4)cn3)cc2OC(F)F)C1. The molecule has 1 aliphatic rings. The van der Waals surface area contributed by atoms with Gasteiger partial charge in [-0.15, -0.1) is 0 Å². The number of alkyl halides is 2. The van der Waals surface area contributed by atoms with Crippen LogP contribution in [0.1, 0.15) is 25.3 Å². The van der Waals surface area contributed by atoms with E-state index < -0.39 is 12.2 Å². The van der Waals surface area contributed by atoms with Crippen molar-refractivity contribution in [3.63, 3.8) is 0 Å². The van der Waals surface area contributed by atoms with E-state index in [-0.39, 0.29) is 18.3 Å². The van der Waals surface area contributed by atoms with E-state index in [0.29, 0.717) is 29.9 Å². The van der Waals surface area contributed by atoms with E-state index in [2.05, 4.69) is 9.88 Å². The predicted molar refractivity (Wildman–Crippen MR) is 121 cm³/mol. The van der Waals surface area contributed by atoms with Gasteiger partial charge in [-0.3, -0.25) is 4.90 Å². The Morgan fingerprint density at radius 3 is 2.73 bits per heavy atom. The monoisotopic (exact) mass is 457 g/mol. The van der Waals surface area contributed by atoms with E-state index in [9.17, 15) is 19.0 Å². The van der Waals surface area contributed by atoms with E-state index in [1.807, 2.05) is 47.2 Å². The topological polar surface area (TPSA) is 70.8 Å². The molecule has 0 aliphatic carbocycles. The van der Waals surface area contributed by atoms with Crippen molar-refractivity contribution in [3.8, 4) is 22.7 Å². The third-order valence-corrected chi connectivity index (χ3v) is 6.31. The normalized spacial score (nSPS) is 18.9. The van der Waals surface area contributed by atoms with Crippen LogP contribution in [0.15, 0.2) is 61.1 Å². The number of halogens is 2. The number of hydrogen-bond acceptors (Lipinski definition) is 5. The zero-order valence-electron chi connectivity index (χ0n) is 18.6. The number of aromatic nitrogens is 2. The summed E-state index contributed by atoms with van der Waals surface area (Å²) in [5.41, 5.74) is 1.77. The van der Waals surface area contributed by atoms with E-state index in [1.165, 1.54) is 0 Å². The number of imidazole rings is 1. The van der Waals surface area contributed by atoms with Gasteiger partial charge in [0.2, 0.25) is 0 Å². The van der Waals surface area contributed by atoms with Crippen LogP contribution in [-0.4, -0.2) is 56.6 Å². The number of piperidine rings is 1. The summed E-state index contributed by atoms with van der Waals surface area (Å²) in [4.78, 5) is 6.54. The fourth-order valence-electron chi connectivity index (χ4n) is 4.34. The van der Waals surface area contributed by atoms with Crippen molar-refractivity contribution in [2.75, 3.05) is 19.7 Å². The molecule has 4 rings (SSSR count). The Morgan fingerprint density at radius 2 is 2.00 bits per heavy atom. The highest BCUT2D eigenvalue weighted by Gasteiger charge is 2.34. The molecular formula is C25H29F2N3O3. The lowest BCUT2D eigenvalue weighted by Gasteiger charge is -2.39. The van der Waals surface area contributed by atoms with Gasteiger partial charge in [0.15, 0.2) is 0 Å². The molecule has 1 aromatic heterocycles. The van der Waals surface area contributed by atoms with Gasteiger partial charge in [-0.25, -0.2) is 4.98 Å². The molecule has 2 aromatic carbocycles. The first-order valence-corrected chi connectivity index (χ1v) is 11.1. The van der Waals surface area contributed by atoms with E-state index in [4.69, 9.17) is 4.74 Å². The average Bonchev–Trinajstić information content (AvgIpc) is 3.31. The number of rotatable bonds is 8. The summed E-state index contributed by atoms with van der Waals surface area (Å²) in [6, 6.07) is 15.0. The number of nitrogens with zero attached hydrogens (tertiary/aromatic N) is 3. The molecule has 1 fully saturated rings. The molecule has 8 heteroatoms. The van der Waals surface area contributed by atoms with Crippen molar-refractivity contribution in [2.45, 2.75) is 38.5 Å². The van der Waals surface area contributed by atoms with Crippen molar-refractivity contribution >= 4 is 0 Å². The minimum atomic E-state index is -2.94. The fraction of sp³-hybridized carbons (Fsp3) is 0.400. The Morgan fingerprint density at radius 1 is 1.21 bits per heavy atom. The Bertz CT molecular complexity index is 1060. The molecule has 6 nitrogen and oxygen atoms in total. The highest BCUT2D eigenvalue weighted by Crippen LogP contribution is 2.32. The number of para-hydroxylation sites is 1. The predicted octanol–water partition coefficient (Wildman–Crippen LogP) is 4.10. The molecule has 33 heavy (non-hydrogen) atoms. The van der Waals surface area contributed by atoms with Crippen LogP contribution < -0.4 is 4.74 Å². The lowest BCUT2D eigenvalue weighted by atomic mass is 9.83. The number of hydrogen-bond donors (Lipinski definition) is 2. The molecule has 2 atom stereocenters. The van der Waals surface area contributed by atoms with Gasteiger partial charge in [-0.1, -0.05) is 30.3 Å². The van der Waals surface area contributed by atoms with Gasteiger partial charge >= 0.3 is 6.61 Å². The molecule has 0 bridgehead atoms. The molecule has 1 saturated heterocycles. The number of aliphatic hydroxyl groups is 2. The molecule has 2 N–H and O–H groups in total. The maximum atomic E-state index is 13.2. The van der Waals surface area contributed by atoms with Crippen molar-refractivity contribution in [1.82, 2.24) is 14.5 Å². The molecular weight excluding hydrogens is 428 g/mol. The van der Waals surface area contributed by atoms with Gasteiger partial charge in [0.05, 0.1) is 24.2 Å². The molecule has 3 aromatic rings. The first-order valence-electron chi connectivity index (χ1n) is 11.1. The minimum absolute atomic E-state index is 0.0862. The molecule has 0 amide bonds. The van der Waals surface area contributed by atoms with Crippen LogP contribution >= 0.6 is 0 Å². The van der Waals surface area contributed by atoms with E-state index in [1.54, 1.807) is 25.4 Å². The highest BCUT2D eigenvalue weighted by atomic mass is 19.3. The van der Waals surface area contributed by atoms with Gasteiger partial charge < -0.3 is 19.5 Å². The van der Waals surface area contributed by atoms with Gasteiger partial charge in [0.1, 0.15) is 5.75 Å². The van der Waals surface area contributed by atoms with Gasteiger partial charge in [0.25, 0.3) is 0 Å². The highest BCUT2D eigenvalue weighted by molar-refractivity contribution is 5.62. The fourth-order valence-corrected chi connectivity index (χ4v) is 4.34. The molecule has 176 valence electrons. The lowest BCUT2D eigenvalue weighted by molar-refractivity contribution is -0.0702. The van der Waals surface area contributed by atoms with Crippen molar-refractivity contribution < 1.29 is 23.7 Å². The van der Waals surface area contributed by atoms with Crippen LogP contribution in [0.2, 0.25) is 0 Å². The maximum absolute atomic E-state index is 13.2. The molecule has 0 spiro atoms. The number of aliphatic hydroxyl groups excluding tert-OH is 1. The average molecular weight is 458 g/mol. The van der Waals surface area contributed by atoms with Crippen LogP contribution in [0, 0.1) is 5.92 Å². The summed E-state index contributed by atoms with van der Waals surface area (Å²) in [7, 11) is 0. The third-order valence-electron chi connectivity index (χ3n) is 6.31. The number of ether oxygens (including phenoxy) is 1. The zero-order valence-corrected chi connectivity index (χ0v) is 18.6. The van der Waals surface area contributed by atoms with Crippen LogP contribution in [0.5, 0.6) is 5.75 Å². The second-order valence-electron chi connectivity index (χ2n) is 8.79. The number of likely N-dealkylation sites (tertiary alicyclic amines) is 1. The third kappa shape index (κ3) is 5.58. The van der Waals surface area contributed by atoms with Gasteiger partial charge in [-0.2, -0.15) is 8.78 Å². The molecule has 0 saturated carbocycles. The molecule has 2 heterocycles. The first-order chi connectivity index (χ1) is 15.9. The van der Waals surface area contributed by atoms with Gasteiger partial charge in [0, 0.05) is 42.0 Å². The molecule has 1 aliphatic heterocycles. The maximum Gasteiger partial charge on any atom is 0.387 e. The zero-order chi connectivity index (χ0) is 23.4. The smallest absolute Gasteiger partial charge is 0.387 e. The first kappa shape index (κ1) is 23.4. The van der Waals surface area contributed by atoms with Crippen molar-refractivity contribution in [3.05, 3.63) is 66.6 Å². The van der Waals surface area contributed by atoms with Crippen LogP contribution in [-0.2, 0) is 6.54 Å². The largest absolute Gasteiger partial charge is 0.434 e. The second-order valence-corrected chi connectivity index (χ2v) is 8.79. The summed E-state index contributed by atoms with van der Waals surface area (Å²) >= 11 is 0. The van der Waals surface area contributed by atoms with E-state index in [0.717, 1.165) is 25.1 Å². The van der Waals surface area contributed by atoms with Crippen LogP contribution in [0.25, 0.3) is 16.9 Å². The van der Waals surface area contributed by atoms with Crippen molar-refractivity contribution in [1.29, 1.82) is 0 Å². The standard InChI is InChI=1S/C25H29F2N3O3/c1-25(32,16-31)20-6-5-11-29(14-20)13-19-10-9-18(12-23(19)33-24(26)27)22-15-30(17-28-22)21-7-3-2-4-8-21/h2-4,7-10,12,15,17,20,24,31-32H,5-6,11,13-14,16H2,1H3/t20-,25+/m0/s1. The Hall–Kier alpha value is -2.81. The molecule has 0 radical (unpaired) electrons. The van der Waals surface area contributed by atoms with Crippen molar-refractivity contribution in [2.24, 2.45) is 5.92 Å². The van der Waals surface area contributed by atoms with E-state index >= 15 is 0 Å². The Kier molecular flexibility index (Phi) is 7.07. The second kappa shape index (κ2) is 9.99. The summed E-state index contributed by atoms with van der Waals surface area (Å²) < 4.78 is 33.1. The quantitative estimate of drug-likeness (QED) is 0.533. The minimum Gasteiger partial charge on any atom is -0.434 e. The Labute approximate surface area is 192 Å². The van der Waals surface area contributed by atoms with Gasteiger partial charge in [-0.05, 0) is 44.5 Å². The summed E-state index contributed by atoms with van der Waals surface area (Å²) in [5, 5.41) is 19.9. The number of benzene rings is 2. The lowest BCUT2D eigenvalue weighted by Crippen LogP contribution is -2.47. The summed E-state index contributed by atoms with van der Waals surface area (Å²) in [5.74, 6) is 0.0322. The summed E-state index contributed by atoms with van der Waals surface area (Å²) in [6.45, 7) is 0.162. The van der Waals surface area contributed by atoms with Crippen LogP contribution in [0.3, 0.4) is 0 Å². The summed E-state index contributed by atoms with van der Waals surface area (Å²) in [6.07, 6.45) is 5.21. The van der Waals surface area contributed by atoms with Crippen LogP contribution in [0.4, 0.5) is 8.78 Å². The Balaban J connectivity index is 1.55.